The van der Waals surface area contributed by atoms with Crippen LogP contribution in [0.5, 0.6) is 0 Å². The number of carbonyl (C=O) groups is 1. The van der Waals surface area contributed by atoms with Crippen LogP contribution in [0, 0.1) is 5.41 Å². The number of aliphatic hydroxyl groups is 1. The van der Waals surface area contributed by atoms with E-state index >= 15 is 0 Å². The number of carbonyl (C=O) groups excluding carboxylic acids is 1. The van der Waals surface area contributed by atoms with Crippen molar-refractivity contribution in [1.82, 2.24) is 4.98 Å². The molecule has 0 radical (unpaired) electrons. The van der Waals surface area contributed by atoms with Crippen molar-refractivity contribution in [3.63, 3.8) is 0 Å². The molecule has 0 spiro atoms. The number of rotatable bonds is 12. The second-order valence-corrected chi connectivity index (χ2v) is 15.7. The number of aromatic nitrogens is 1. The number of aryl methyl sites for hydroxylation is 1. The number of aliphatic carboxylic acids is 1. The molecule has 0 saturated heterocycles. The van der Waals surface area contributed by atoms with Crippen molar-refractivity contribution in [2.45, 2.75) is 83.1 Å². The van der Waals surface area contributed by atoms with Crippen LogP contribution in [0.3, 0.4) is 0 Å². The van der Waals surface area contributed by atoms with Crippen molar-refractivity contribution >= 4 is 52.4 Å². The Labute approximate surface area is 311 Å². The zero-order valence-corrected chi connectivity index (χ0v) is 32.1. The van der Waals surface area contributed by atoms with E-state index in [4.69, 9.17) is 22.3 Å². The minimum absolute atomic E-state index is 0. The predicted octanol–water partition coefficient (Wildman–Crippen LogP) is 5.36. The fourth-order valence-corrected chi connectivity index (χ4v) is 7.08. The average molecular weight is 681 g/mol. The van der Waals surface area contributed by atoms with Gasteiger partial charge in [0.2, 0.25) is 0 Å². The molecule has 0 aliphatic heterocycles. The zero-order valence-electron chi connectivity index (χ0n) is 28.6. The molecule has 47 heavy (non-hydrogen) atoms. The molecule has 3 aromatic carbocycles. The maximum atomic E-state index is 11.4. The van der Waals surface area contributed by atoms with Gasteiger partial charge in [-0.2, -0.15) is 11.8 Å². The van der Waals surface area contributed by atoms with Crippen molar-refractivity contribution in [1.29, 1.82) is 0 Å². The number of carboxylic acid groups (broad SMARTS) is 1. The van der Waals surface area contributed by atoms with E-state index in [2.05, 4.69) is 36.4 Å². The van der Waals surface area contributed by atoms with Crippen LogP contribution in [0.25, 0.3) is 23.1 Å². The predicted molar refractivity (Wildman–Crippen MR) is 193 cm³/mol. The molecule has 1 aromatic heterocycles. The minimum Gasteiger partial charge on any atom is -0.550 e. The Morgan fingerprint density at radius 2 is 1.70 bits per heavy atom. The normalized spacial score (nSPS) is 14.6. The summed E-state index contributed by atoms with van der Waals surface area (Å²) < 4.78 is 0. The molecule has 1 heterocycles. The van der Waals surface area contributed by atoms with E-state index in [1.165, 1.54) is 5.56 Å². The van der Waals surface area contributed by atoms with E-state index in [0.717, 1.165) is 64.7 Å². The summed E-state index contributed by atoms with van der Waals surface area (Å²) in [5.41, 5.74) is 10.4. The van der Waals surface area contributed by atoms with Crippen LogP contribution in [0.15, 0.2) is 78.9 Å². The number of benzene rings is 3. The van der Waals surface area contributed by atoms with E-state index < -0.39 is 11.6 Å². The summed E-state index contributed by atoms with van der Waals surface area (Å²) in [5, 5.41) is 24.0. The molecule has 5 nitrogen and oxygen atoms in total. The quantitative estimate of drug-likeness (QED) is 0.196. The molecular weight excluding hydrogens is 635 g/mol. The van der Waals surface area contributed by atoms with Gasteiger partial charge in [-0.3, -0.25) is 0 Å². The van der Waals surface area contributed by atoms with E-state index in [1.54, 1.807) is 0 Å². The average Bonchev–Trinajstić information content (AvgIpc) is 3.73. The Morgan fingerprint density at radius 1 is 1.02 bits per heavy atom. The number of carboxylic acids is 1. The Hall–Kier alpha value is -2.16. The van der Waals surface area contributed by atoms with Crippen LogP contribution in [-0.2, 0) is 16.8 Å². The number of pyridine rings is 1. The van der Waals surface area contributed by atoms with Gasteiger partial charge < -0.3 is 20.7 Å². The molecule has 1 atom stereocenters. The molecule has 4 aromatic rings. The van der Waals surface area contributed by atoms with Crippen LogP contribution < -0.4 is 40.4 Å². The summed E-state index contributed by atoms with van der Waals surface area (Å²) in [4.78, 5) is 16.1. The maximum Gasteiger partial charge on any atom is 1.00 e. The molecule has 1 aliphatic carbocycles. The van der Waals surface area contributed by atoms with Crippen LogP contribution in [0.1, 0.15) is 93.5 Å². The van der Waals surface area contributed by atoms with E-state index in [0.29, 0.717) is 5.02 Å². The molecule has 5 rings (SSSR count). The second kappa shape index (κ2) is 17.0. The number of thioether (sulfide) groups is 1. The number of nitrogens with zero attached hydrogens (tertiary/aromatic N) is 1. The number of hydrogen-bond donors (Lipinski definition) is 2. The second-order valence-electron chi connectivity index (χ2n) is 14.0. The van der Waals surface area contributed by atoms with Crippen molar-refractivity contribution in [2.24, 2.45) is 11.1 Å². The summed E-state index contributed by atoms with van der Waals surface area (Å²) in [5.74, 6) is -0.168. The van der Waals surface area contributed by atoms with Gasteiger partial charge >= 0.3 is 29.6 Å². The molecule has 0 bridgehead atoms. The van der Waals surface area contributed by atoms with Gasteiger partial charge in [0, 0.05) is 27.2 Å². The standard InChI is InChI=1S/C35H36ClNO3S.C4H11N.Na/c1-34(2,40)30-9-4-3-7-25(30)13-17-32(41-23-35(18-19-35)22-33(38)39)27-8-5-6-24(20-27)10-15-29-16-12-26-11-14-28(36)21-31(26)37-29;1-4(2,3)5;/h3-12,14-16,20-21,32,40H,13,17-19,22-23H2,1-2H3,(H,38,39);5H2,1-3H3;/q;;+1/p-1/b15-10+;;. The minimum atomic E-state index is -0.963. The van der Waals surface area contributed by atoms with Crippen LogP contribution in [0.4, 0.5) is 0 Å². The Bertz CT molecular complexity index is 1670. The Morgan fingerprint density at radius 3 is 2.36 bits per heavy atom. The van der Waals surface area contributed by atoms with Crippen LogP contribution in [0.2, 0.25) is 5.02 Å². The largest absolute Gasteiger partial charge is 1.00 e. The molecule has 1 unspecified atom stereocenters. The summed E-state index contributed by atoms with van der Waals surface area (Å²) in [6.45, 7) is 9.54. The molecule has 1 saturated carbocycles. The number of halogens is 1. The first-order valence-electron chi connectivity index (χ1n) is 15.9. The van der Waals surface area contributed by atoms with Gasteiger partial charge in [-0.05, 0) is 124 Å². The van der Waals surface area contributed by atoms with Crippen LogP contribution in [-0.4, -0.2) is 27.4 Å². The number of nitrogens with two attached hydrogens (primary N) is 1. The van der Waals surface area contributed by atoms with Gasteiger partial charge in [0.15, 0.2) is 0 Å². The van der Waals surface area contributed by atoms with Crippen molar-refractivity contribution in [3.05, 3.63) is 112 Å². The topological polar surface area (TPSA) is 99.3 Å². The molecular formula is C39H46ClN2NaO3S. The fourth-order valence-electron chi connectivity index (χ4n) is 5.34. The van der Waals surface area contributed by atoms with Crippen molar-refractivity contribution in [3.8, 4) is 0 Å². The smallest absolute Gasteiger partial charge is 0.550 e. The van der Waals surface area contributed by atoms with E-state index in [9.17, 15) is 15.0 Å². The van der Waals surface area contributed by atoms with E-state index in [-0.39, 0.29) is 52.2 Å². The first-order chi connectivity index (χ1) is 21.6. The molecule has 8 heteroatoms. The molecule has 3 N–H and O–H groups in total. The Balaban J connectivity index is 0.000000930. The van der Waals surface area contributed by atoms with E-state index in [1.807, 2.05) is 101 Å². The SMILES string of the molecule is CC(C)(C)N.CC(C)(O)c1ccccc1CCC(SCC1(CC(=O)[O-])CC1)c1cccc(/C=C/c2ccc3ccc(Cl)cc3n2)c1.[Na+]. The summed E-state index contributed by atoms with van der Waals surface area (Å²) in [6, 6.07) is 26.4. The number of fused-ring (bicyclic) bond motifs is 1. The fraction of sp³-hybridized carbons (Fsp3) is 0.385. The summed E-state index contributed by atoms with van der Waals surface area (Å²) in [6.07, 6.45) is 7.78. The van der Waals surface area contributed by atoms with Gasteiger partial charge in [0.25, 0.3) is 0 Å². The third-order valence-corrected chi connectivity index (χ3v) is 9.75. The molecule has 0 amide bonds. The van der Waals surface area contributed by atoms with Gasteiger partial charge in [-0.15, -0.1) is 0 Å². The molecule has 1 aliphatic rings. The van der Waals surface area contributed by atoms with Crippen molar-refractivity contribution < 1.29 is 44.6 Å². The van der Waals surface area contributed by atoms with Crippen LogP contribution >= 0.6 is 23.4 Å². The Kier molecular flexibility index (Phi) is 14.2. The van der Waals surface area contributed by atoms with Gasteiger partial charge in [-0.25, -0.2) is 4.98 Å². The number of hydrogen-bond acceptors (Lipinski definition) is 6. The van der Waals surface area contributed by atoms with Crippen molar-refractivity contribution in [2.75, 3.05) is 5.75 Å². The first-order valence-corrected chi connectivity index (χ1v) is 17.3. The summed E-state index contributed by atoms with van der Waals surface area (Å²) >= 11 is 8.01. The first kappa shape index (κ1) is 39.3. The molecule has 244 valence electrons. The third kappa shape index (κ3) is 13.0. The van der Waals surface area contributed by atoms with Gasteiger partial charge in [0.1, 0.15) is 0 Å². The monoisotopic (exact) mass is 680 g/mol. The maximum absolute atomic E-state index is 11.4. The molecule has 1 fully saturated rings. The third-order valence-electron chi connectivity index (χ3n) is 7.82. The van der Waals surface area contributed by atoms with Gasteiger partial charge in [0.05, 0.1) is 16.8 Å². The zero-order chi connectivity index (χ0) is 33.5. The van der Waals surface area contributed by atoms with Gasteiger partial charge in [-0.1, -0.05) is 78.3 Å². The summed E-state index contributed by atoms with van der Waals surface area (Å²) in [7, 11) is 0.